The first-order valence-corrected chi connectivity index (χ1v) is 8.26. The molecule has 0 spiro atoms. The van der Waals surface area contributed by atoms with Crippen molar-refractivity contribution in [3.63, 3.8) is 0 Å². The van der Waals surface area contributed by atoms with Gasteiger partial charge in [0.15, 0.2) is 11.5 Å². The fourth-order valence-corrected chi connectivity index (χ4v) is 2.32. The Balaban J connectivity index is 1.74. The zero-order chi connectivity index (χ0) is 18.2. The van der Waals surface area contributed by atoms with Crippen LogP contribution in [-0.4, -0.2) is 22.5 Å². The molecular weight excluding hydrogens is 330 g/mol. The molecule has 0 radical (unpaired) electrons. The maximum atomic E-state index is 12.4. The number of benzene rings is 1. The van der Waals surface area contributed by atoms with E-state index in [0.29, 0.717) is 36.0 Å². The quantitative estimate of drug-likeness (QED) is 0.704. The van der Waals surface area contributed by atoms with E-state index in [2.05, 4.69) is 15.3 Å². The van der Waals surface area contributed by atoms with E-state index in [-0.39, 0.29) is 5.91 Å². The highest BCUT2D eigenvalue weighted by molar-refractivity contribution is 6.04. The number of hydrogen-bond donors (Lipinski definition) is 1. The van der Waals surface area contributed by atoms with E-state index in [1.165, 1.54) is 0 Å². The molecule has 1 N–H and O–H groups in total. The topological polar surface area (TPSA) is 73.3 Å². The number of pyridine rings is 2. The van der Waals surface area contributed by atoms with Crippen LogP contribution in [0.5, 0.6) is 11.5 Å². The van der Waals surface area contributed by atoms with E-state index in [4.69, 9.17) is 9.47 Å². The van der Waals surface area contributed by atoms with E-state index in [1.54, 1.807) is 55.1 Å². The van der Waals surface area contributed by atoms with Crippen LogP contribution in [0.15, 0.2) is 67.3 Å². The van der Waals surface area contributed by atoms with Gasteiger partial charge in [-0.2, -0.15) is 0 Å². The Morgan fingerprint density at radius 3 is 2.58 bits per heavy atom. The smallest absolute Gasteiger partial charge is 0.255 e. The summed E-state index contributed by atoms with van der Waals surface area (Å²) < 4.78 is 11.5. The summed E-state index contributed by atoms with van der Waals surface area (Å²) in [7, 11) is 0. The second-order valence-electron chi connectivity index (χ2n) is 5.43. The molecule has 0 aliphatic heterocycles. The summed E-state index contributed by atoms with van der Waals surface area (Å²) in [5.41, 5.74) is 2.12. The zero-order valence-electron chi connectivity index (χ0n) is 14.4. The fourth-order valence-electron chi connectivity index (χ4n) is 2.32. The van der Waals surface area contributed by atoms with Gasteiger partial charge in [0.05, 0.1) is 6.61 Å². The highest BCUT2D eigenvalue weighted by Crippen LogP contribution is 2.29. The average Bonchev–Trinajstić information content (AvgIpc) is 2.69. The van der Waals surface area contributed by atoms with Gasteiger partial charge in [0.1, 0.15) is 6.61 Å². The lowest BCUT2D eigenvalue weighted by Crippen LogP contribution is -2.12. The molecule has 0 unspecified atom stereocenters. The van der Waals surface area contributed by atoms with Crippen LogP contribution in [0, 0.1) is 0 Å². The van der Waals surface area contributed by atoms with E-state index >= 15 is 0 Å². The van der Waals surface area contributed by atoms with Crippen molar-refractivity contribution in [1.29, 1.82) is 0 Å². The molecule has 0 saturated carbocycles. The van der Waals surface area contributed by atoms with Crippen LogP contribution >= 0.6 is 0 Å². The summed E-state index contributed by atoms with van der Waals surface area (Å²) in [5.74, 6) is 0.880. The molecule has 0 bridgehead atoms. The van der Waals surface area contributed by atoms with Gasteiger partial charge in [0, 0.05) is 41.6 Å². The second-order valence-corrected chi connectivity index (χ2v) is 5.43. The van der Waals surface area contributed by atoms with Crippen molar-refractivity contribution < 1.29 is 14.3 Å². The van der Waals surface area contributed by atoms with Gasteiger partial charge in [-0.3, -0.25) is 14.8 Å². The van der Waals surface area contributed by atoms with Gasteiger partial charge < -0.3 is 14.8 Å². The van der Waals surface area contributed by atoms with Crippen molar-refractivity contribution in [3.8, 4) is 11.5 Å². The molecule has 6 heteroatoms. The first-order valence-electron chi connectivity index (χ1n) is 8.26. The van der Waals surface area contributed by atoms with Crippen LogP contribution in [0.4, 0.5) is 5.69 Å². The van der Waals surface area contributed by atoms with Crippen LogP contribution in [0.3, 0.4) is 0 Å². The Morgan fingerprint density at radius 2 is 1.85 bits per heavy atom. The highest BCUT2D eigenvalue weighted by Gasteiger charge is 2.12. The predicted octanol–water partition coefficient (Wildman–Crippen LogP) is 3.71. The molecule has 3 rings (SSSR count). The lowest BCUT2D eigenvalue weighted by Gasteiger charge is -2.13. The van der Waals surface area contributed by atoms with Gasteiger partial charge in [0.25, 0.3) is 5.91 Å². The Bertz CT molecular complexity index is 855. The molecule has 26 heavy (non-hydrogen) atoms. The second kappa shape index (κ2) is 8.62. The van der Waals surface area contributed by atoms with E-state index in [9.17, 15) is 4.79 Å². The van der Waals surface area contributed by atoms with E-state index in [0.717, 1.165) is 5.56 Å². The summed E-state index contributed by atoms with van der Waals surface area (Å²) in [4.78, 5) is 20.4. The van der Waals surface area contributed by atoms with Gasteiger partial charge in [-0.15, -0.1) is 0 Å². The van der Waals surface area contributed by atoms with Crippen molar-refractivity contribution in [3.05, 3.63) is 78.4 Å². The van der Waals surface area contributed by atoms with Crippen LogP contribution in [0.2, 0.25) is 0 Å². The van der Waals surface area contributed by atoms with Crippen molar-refractivity contribution in [1.82, 2.24) is 9.97 Å². The number of carbonyl (C=O) groups excluding carboxylic acids is 1. The number of nitrogens with one attached hydrogen (secondary N) is 1. The first kappa shape index (κ1) is 17.4. The van der Waals surface area contributed by atoms with Crippen LogP contribution in [-0.2, 0) is 6.61 Å². The molecule has 0 aliphatic carbocycles. The minimum Gasteiger partial charge on any atom is -0.490 e. The Hall–Kier alpha value is -3.41. The number of carbonyl (C=O) groups is 1. The van der Waals surface area contributed by atoms with Crippen LogP contribution < -0.4 is 14.8 Å². The van der Waals surface area contributed by atoms with Gasteiger partial charge in [-0.05, 0) is 43.3 Å². The standard InChI is InChI=1S/C20H19N3O3/c1-2-25-19-12-16(20(24)23-17-7-10-21-11-8-17)5-6-18(19)26-14-15-4-3-9-22-13-15/h3-13H,2,14H2,1H3,(H,21,23,24). The maximum absolute atomic E-state index is 12.4. The number of amides is 1. The van der Waals surface area contributed by atoms with Crippen molar-refractivity contribution in [2.24, 2.45) is 0 Å². The van der Waals surface area contributed by atoms with Crippen LogP contribution in [0.25, 0.3) is 0 Å². The molecule has 3 aromatic rings. The van der Waals surface area contributed by atoms with Crippen molar-refractivity contribution in [2.75, 3.05) is 11.9 Å². The summed E-state index contributed by atoms with van der Waals surface area (Å²) >= 11 is 0. The molecule has 0 saturated heterocycles. The third-order valence-corrected chi connectivity index (χ3v) is 3.56. The summed E-state index contributed by atoms with van der Waals surface area (Å²) in [5, 5.41) is 2.82. The number of anilines is 1. The summed E-state index contributed by atoms with van der Waals surface area (Å²) in [6, 6.07) is 12.4. The zero-order valence-corrected chi connectivity index (χ0v) is 14.4. The number of hydrogen-bond acceptors (Lipinski definition) is 5. The molecule has 6 nitrogen and oxygen atoms in total. The van der Waals surface area contributed by atoms with Crippen molar-refractivity contribution in [2.45, 2.75) is 13.5 Å². The third-order valence-electron chi connectivity index (χ3n) is 3.56. The van der Waals surface area contributed by atoms with E-state index < -0.39 is 0 Å². The predicted molar refractivity (Wildman–Crippen MR) is 98.4 cm³/mol. The lowest BCUT2D eigenvalue weighted by molar-refractivity contribution is 0.102. The number of ether oxygens (including phenoxy) is 2. The highest BCUT2D eigenvalue weighted by atomic mass is 16.5. The van der Waals surface area contributed by atoms with Gasteiger partial charge in [-0.25, -0.2) is 0 Å². The van der Waals surface area contributed by atoms with Gasteiger partial charge in [-0.1, -0.05) is 6.07 Å². The molecule has 0 aliphatic rings. The normalized spacial score (nSPS) is 10.2. The first-order chi connectivity index (χ1) is 12.8. The molecular formula is C20H19N3O3. The van der Waals surface area contributed by atoms with Gasteiger partial charge in [0.2, 0.25) is 0 Å². The molecule has 1 amide bonds. The van der Waals surface area contributed by atoms with Gasteiger partial charge >= 0.3 is 0 Å². The fraction of sp³-hybridized carbons (Fsp3) is 0.150. The third kappa shape index (κ3) is 4.57. The minimum absolute atomic E-state index is 0.226. The van der Waals surface area contributed by atoms with E-state index in [1.807, 2.05) is 19.1 Å². The number of rotatable bonds is 7. The summed E-state index contributed by atoms with van der Waals surface area (Å²) in [6.07, 6.45) is 6.70. The minimum atomic E-state index is -0.226. The largest absolute Gasteiger partial charge is 0.490 e. The Kier molecular flexibility index (Phi) is 5.77. The lowest BCUT2D eigenvalue weighted by atomic mass is 10.2. The molecule has 0 atom stereocenters. The summed E-state index contributed by atoms with van der Waals surface area (Å²) in [6.45, 7) is 2.73. The number of aromatic nitrogens is 2. The molecule has 132 valence electrons. The molecule has 1 aromatic carbocycles. The molecule has 2 aromatic heterocycles. The Labute approximate surface area is 151 Å². The Morgan fingerprint density at radius 1 is 1.00 bits per heavy atom. The number of nitrogens with zero attached hydrogens (tertiary/aromatic N) is 2. The average molecular weight is 349 g/mol. The SMILES string of the molecule is CCOc1cc(C(=O)Nc2ccncc2)ccc1OCc1cccnc1. The maximum Gasteiger partial charge on any atom is 0.255 e. The van der Waals surface area contributed by atoms with Crippen molar-refractivity contribution >= 4 is 11.6 Å². The molecule has 0 fully saturated rings. The molecule has 2 heterocycles. The van der Waals surface area contributed by atoms with Crippen LogP contribution in [0.1, 0.15) is 22.8 Å². The monoisotopic (exact) mass is 349 g/mol.